The van der Waals surface area contributed by atoms with Gasteiger partial charge in [0.15, 0.2) is 0 Å². The summed E-state index contributed by atoms with van der Waals surface area (Å²) in [6.45, 7) is 3.55. The fourth-order valence-electron chi connectivity index (χ4n) is 2.21. The number of nitro groups is 1. The predicted octanol–water partition coefficient (Wildman–Crippen LogP) is 2.75. The van der Waals surface area contributed by atoms with Gasteiger partial charge in [0, 0.05) is 18.2 Å². The van der Waals surface area contributed by atoms with Crippen molar-refractivity contribution in [2.75, 3.05) is 18.1 Å². The van der Waals surface area contributed by atoms with Crippen LogP contribution in [0.2, 0.25) is 0 Å². The van der Waals surface area contributed by atoms with Crippen LogP contribution in [0, 0.1) is 23.0 Å². The Kier molecular flexibility index (Phi) is 4.60. The standard InChI is InChI=1S/C13H18N2O2S/c1-10-12(3-2-4-13(10)15(16)17)8-14-7-11-5-6-18-9-11/h2-4,11,14H,5-9H2,1H3. The summed E-state index contributed by atoms with van der Waals surface area (Å²) in [5, 5.41) is 14.3. The maximum Gasteiger partial charge on any atom is 0.272 e. The number of hydrogen-bond donors (Lipinski definition) is 1. The van der Waals surface area contributed by atoms with Gasteiger partial charge in [-0.3, -0.25) is 10.1 Å². The number of rotatable bonds is 5. The van der Waals surface area contributed by atoms with Crippen LogP contribution in [0.15, 0.2) is 18.2 Å². The maximum absolute atomic E-state index is 10.8. The molecular weight excluding hydrogens is 248 g/mol. The van der Waals surface area contributed by atoms with Gasteiger partial charge in [-0.05, 0) is 42.9 Å². The summed E-state index contributed by atoms with van der Waals surface area (Å²) in [4.78, 5) is 10.5. The van der Waals surface area contributed by atoms with Crippen LogP contribution in [0.1, 0.15) is 17.5 Å². The first-order chi connectivity index (χ1) is 8.68. The van der Waals surface area contributed by atoms with E-state index in [4.69, 9.17) is 0 Å². The molecule has 18 heavy (non-hydrogen) atoms. The van der Waals surface area contributed by atoms with Gasteiger partial charge in [-0.15, -0.1) is 0 Å². The van der Waals surface area contributed by atoms with Crippen LogP contribution >= 0.6 is 11.8 Å². The van der Waals surface area contributed by atoms with Crippen molar-refractivity contribution in [1.82, 2.24) is 5.32 Å². The number of benzene rings is 1. The molecule has 1 heterocycles. The van der Waals surface area contributed by atoms with E-state index < -0.39 is 0 Å². The highest BCUT2D eigenvalue weighted by Gasteiger charge is 2.16. The van der Waals surface area contributed by atoms with Crippen molar-refractivity contribution in [3.05, 3.63) is 39.4 Å². The molecule has 0 aliphatic carbocycles. The SMILES string of the molecule is Cc1c(CNCC2CCSC2)cccc1[N+](=O)[O-]. The average Bonchev–Trinajstić information content (AvgIpc) is 2.84. The fraction of sp³-hybridized carbons (Fsp3) is 0.538. The Morgan fingerprint density at radius 2 is 2.39 bits per heavy atom. The number of hydrogen-bond acceptors (Lipinski definition) is 4. The van der Waals surface area contributed by atoms with Crippen LogP contribution in [-0.2, 0) is 6.54 Å². The van der Waals surface area contributed by atoms with E-state index in [1.54, 1.807) is 12.1 Å². The fourth-order valence-corrected chi connectivity index (χ4v) is 3.50. The van der Waals surface area contributed by atoms with Crippen LogP contribution in [0.3, 0.4) is 0 Å². The van der Waals surface area contributed by atoms with Gasteiger partial charge in [-0.1, -0.05) is 12.1 Å². The van der Waals surface area contributed by atoms with E-state index in [0.29, 0.717) is 6.54 Å². The van der Waals surface area contributed by atoms with Gasteiger partial charge in [0.05, 0.1) is 4.92 Å². The first-order valence-corrected chi connectivity index (χ1v) is 7.35. The summed E-state index contributed by atoms with van der Waals surface area (Å²) in [5.41, 5.74) is 2.01. The van der Waals surface area contributed by atoms with Crippen LogP contribution in [-0.4, -0.2) is 23.0 Å². The van der Waals surface area contributed by atoms with Gasteiger partial charge < -0.3 is 5.32 Å². The minimum absolute atomic E-state index is 0.214. The van der Waals surface area contributed by atoms with Crippen molar-refractivity contribution in [1.29, 1.82) is 0 Å². The molecule has 98 valence electrons. The van der Waals surface area contributed by atoms with E-state index in [9.17, 15) is 10.1 Å². The molecule has 1 aliphatic rings. The monoisotopic (exact) mass is 266 g/mol. The van der Waals surface area contributed by atoms with Gasteiger partial charge in [0.2, 0.25) is 0 Å². The molecular formula is C13H18N2O2S. The third-order valence-corrected chi connectivity index (χ3v) is 4.62. The minimum atomic E-state index is -0.313. The number of nitro benzene ring substituents is 1. The summed E-state index contributed by atoms with van der Waals surface area (Å²) in [6.07, 6.45) is 1.28. The van der Waals surface area contributed by atoms with Crippen molar-refractivity contribution in [3.63, 3.8) is 0 Å². The Labute approximate surface area is 111 Å². The van der Waals surface area contributed by atoms with Gasteiger partial charge in [0.1, 0.15) is 0 Å². The first-order valence-electron chi connectivity index (χ1n) is 6.20. The largest absolute Gasteiger partial charge is 0.312 e. The molecule has 0 aromatic heterocycles. The van der Waals surface area contributed by atoms with E-state index in [0.717, 1.165) is 23.6 Å². The highest BCUT2D eigenvalue weighted by Crippen LogP contribution is 2.23. The molecule has 1 aromatic rings. The highest BCUT2D eigenvalue weighted by molar-refractivity contribution is 7.99. The molecule has 4 nitrogen and oxygen atoms in total. The first kappa shape index (κ1) is 13.4. The lowest BCUT2D eigenvalue weighted by Gasteiger charge is -2.11. The Bertz CT molecular complexity index is 431. The third-order valence-electron chi connectivity index (χ3n) is 3.39. The van der Waals surface area contributed by atoms with E-state index in [1.807, 2.05) is 24.8 Å². The molecule has 0 bridgehead atoms. The molecule has 0 saturated carbocycles. The Hall–Kier alpha value is -1.07. The Morgan fingerprint density at radius 3 is 3.06 bits per heavy atom. The van der Waals surface area contributed by atoms with E-state index in [2.05, 4.69) is 5.32 Å². The van der Waals surface area contributed by atoms with Gasteiger partial charge >= 0.3 is 0 Å². The normalized spacial score (nSPS) is 19.1. The lowest BCUT2D eigenvalue weighted by Crippen LogP contribution is -2.22. The zero-order chi connectivity index (χ0) is 13.0. The van der Waals surface area contributed by atoms with Crippen molar-refractivity contribution in [2.45, 2.75) is 19.9 Å². The van der Waals surface area contributed by atoms with E-state index >= 15 is 0 Å². The van der Waals surface area contributed by atoms with Crippen LogP contribution in [0.4, 0.5) is 5.69 Å². The molecule has 0 spiro atoms. The van der Waals surface area contributed by atoms with E-state index in [-0.39, 0.29) is 10.6 Å². The van der Waals surface area contributed by atoms with Crippen LogP contribution in [0.25, 0.3) is 0 Å². The molecule has 1 aliphatic heterocycles. The molecule has 1 atom stereocenters. The molecule has 1 aromatic carbocycles. The van der Waals surface area contributed by atoms with Crippen molar-refractivity contribution in [3.8, 4) is 0 Å². The lowest BCUT2D eigenvalue weighted by molar-refractivity contribution is -0.385. The summed E-state index contributed by atoms with van der Waals surface area (Å²) in [5.74, 6) is 3.26. The molecule has 5 heteroatoms. The second-order valence-electron chi connectivity index (χ2n) is 4.68. The topological polar surface area (TPSA) is 55.2 Å². The molecule has 1 saturated heterocycles. The molecule has 1 N–H and O–H groups in total. The minimum Gasteiger partial charge on any atom is -0.312 e. The zero-order valence-electron chi connectivity index (χ0n) is 10.5. The molecule has 0 radical (unpaired) electrons. The predicted molar refractivity (Wildman–Crippen MR) is 75.0 cm³/mol. The Balaban J connectivity index is 1.92. The molecule has 1 unspecified atom stereocenters. The third kappa shape index (κ3) is 3.23. The van der Waals surface area contributed by atoms with Gasteiger partial charge in [-0.2, -0.15) is 11.8 Å². The quantitative estimate of drug-likeness (QED) is 0.657. The highest BCUT2D eigenvalue weighted by atomic mass is 32.2. The van der Waals surface area contributed by atoms with E-state index in [1.165, 1.54) is 17.9 Å². The average molecular weight is 266 g/mol. The van der Waals surface area contributed by atoms with Gasteiger partial charge in [0.25, 0.3) is 5.69 Å². The van der Waals surface area contributed by atoms with Crippen molar-refractivity contribution < 1.29 is 4.92 Å². The van der Waals surface area contributed by atoms with Crippen LogP contribution in [0.5, 0.6) is 0 Å². The van der Waals surface area contributed by atoms with Gasteiger partial charge in [-0.25, -0.2) is 0 Å². The maximum atomic E-state index is 10.8. The molecule has 1 fully saturated rings. The summed E-state index contributed by atoms with van der Waals surface area (Å²) < 4.78 is 0. The molecule has 2 rings (SSSR count). The second-order valence-corrected chi connectivity index (χ2v) is 5.83. The molecule has 0 amide bonds. The van der Waals surface area contributed by atoms with Crippen molar-refractivity contribution >= 4 is 17.4 Å². The van der Waals surface area contributed by atoms with Crippen molar-refractivity contribution in [2.24, 2.45) is 5.92 Å². The second kappa shape index (κ2) is 6.20. The summed E-state index contributed by atoms with van der Waals surface area (Å²) in [7, 11) is 0. The summed E-state index contributed by atoms with van der Waals surface area (Å²) >= 11 is 2.01. The van der Waals surface area contributed by atoms with Crippen LogP contribution < -0.4 is 5.32 Å². The Morgan fingerprint density at radius 1 is 1.56 bits per heavy atom. The lowest BCUT2D eigenvalue weighted by atomic mass is 10.1. The number of nitrogens with one attached hydrogen (secondary N) is 1. The number of nitrogens with zero attached hydrogens (tertiary/aromatic N) is 1. The summed E-state index contributed by atoms with van der Waals surface area (Å²) in [6, 6.07) is 5.28. The zero-order valence-corrected chi connectivity index (χ0v) is 11.3. The smallest absolute Gasteiger partial charge is 0.272 e. The number of thioether (sulfide) groups is 1.